The molecule has 0 aliphatic heterocycles. The van der Waals surface area contributed by atoms with Crippen molar-refractivity contribution >= 4 is 36.2 Å². The molecule has 0 bridgehead atoms. The summed E-state index contributed by atoms with van der Waals surface area (Å²) in [6.07, 6.45) is 0. The first-order valence-electron chi connectivity index (χ1n) is 4.12. The van der Waals surface area contributed by atoms with E-state index in [0.717, 1.165) is 0 Å². The Morgan fingerprint density at radius 3 is 2.55 bits per heavy atom. The van der Waals surface area contributed by atoms with Crippen molar-refractivity contribution in [3.63, 3.8) is 0 Å². The van der Waals surface area contributed by atoms with E-state index in [1.165, 1.54) is 0 Å². The van der Waals surface area contributed by atoms with Crippen molar-refractivity contribution in [2.75, 3.05) is 18.0 Å². The minimum Gasteiger partial charge on any atom is -0.397 e. The van der Waals surface area contributed by atoms with Gasteiger partial charge in [-0.15, -0.1) is 24.8 Å². The van der Waals surface area contributed by atoms with Crippen LogP contribution in [0.15, 0.2) is 24.3 Å². The van der Waals surface area contributed by atoms with Crippen molar-refractivity contribution in [2.45, 2.75) is 0 Å². The van der Waals surface area contributed by atoms with Gasteiger partial charge in [0, 0.05) is 11.1 Å². The van der Waals surface area contributed by atoms with E-state index < -0.39 is 6.98 Å². The first-order chi connectivity index (χ1) is 5.49. The quantitative estimate of drug-likeness (QED) is 0.678. The lowest BCUT2D eigenvalue weighted by Gasteiger charge is -2.01. The number of rotatable bonds is 1. The van der Waals surface area contributed by atoms with Gasteiger partial charge in [0.15, 0.2) is 0 Å². The number of hydrogen-bond donors (Lipinski definition) is 2. The van der Waals surface area contributed by atoms with E-state index in [-0.39, 0.29) is 24.8 Å². The van der Waals surface area contributed by atoms with E-state index in [9.17, 15) is 0 Å². The van der Waals surface area contributed by atoms with Gasteiger partial charge in [-0.05, 0) is 12.1 Å². The fraction of sp³-hybridized carbons (Fsp3) is 0.143. The van der Waals surface area contributed by atoms with E-state index in [4.69, 9.17) is 9.85 Å². The summed E-state index contributed by atoms with van der Waals surface area (Å²) in [4.78, 5) is 0. The highest BCUT2D eigenvalue weighted by molar-refractivity contribution is 5.85. The summed E-state index contributed by atoms with van der Waals surface area (Å²) in [5.74, 6) is 0. The predicted octanol–water partition coefficient (Wildman–Crippen LogP) is 2.15. The Labute approximate surface area is 83.2 Å². The van der Waals surface area contributed by atoms with Gasteiger partial charge >= 0.3 is 0 Å². The molecule has 64 valence electrons. The van der Waals surface area contributed by atoms with Crippen LogP contribution in [-0.2, 0) is 0 Å². The molecule has 1 aromatic rings. The van der Waals surface area contributed by atoms with Crippen LogP contribution >= 0.6 is 24.8 Å². The molecule has 0 aliphatic carbocycles. The Morgan fingerprint density at radius 1 is 1.36 bits per heavy atom. The summed E-state index contributed by atoms with van der Waals surface area (Å²) in [5.41, 5.74) is 6.40. The van der Waals surface area contributed by atoms with Crippen molar-refractivity contribution in [2.24, 2.45) is 0 Å². The highest BCUT2D eigenvalue weighted by atomic mass is 35.5. The first-order valence-corrected chi connectivity index (χ1v) is 2.62. The first kappa shape index (κ1) is 7.07. The summed E-state index contributed by atoms with van der Waals surface area (Å²) >= 11 is 0. The molecule has 4 heteroatoms. The SMILES string of the molecule is Cl.Cl.[2H]C([2H])([2H])Nc1ccccc1N. The highest BCUT2D eigenvalue weighted by Gasteiger charge is 1.89. The zero-order chi connectivity index (χ0) is 9.19. The van der Waals surface area contributed by atoms with Crippen molar-refractivity contribution < 1.29 is 4.11 Å². The molecule has 1 aromatic carbocycles. The van der Waals surface area contributed by atoms with Crippen LogP contribution in [0.3, 0.4) is 0 Å². The molecule has 0 saturated carbocycles. The molecule has 3 N–H and O–H groups in total. The Balaban J connectivity index is 0. The second kappa shape index (κ2) is 6.13. The molecule has 0 atom stereocenters. The third kappa shape index (κ3) is 3.35. The number of anilines is 2. The number of nitrogens with two attached hydrogens (primary N) is 1. The fourth-order valence-electron chi connectivity index (χ4n) is 0.611. The van der Waals surface area contributed by atoms with Gasteiger partial charge in [-0.2, -0.15) is 0 Å². The Bertz CT molecular complexity index is 278. The van der Waals surface area contributed by atoms with Gasteiger partial charge in [-0.1, -0.05) is 12.1 Å². The van der Waals surface area contributed by atoms with E-state index in [1.54, 1.807) is 24.3 Å². The molecule has 0 heterocycles. The molecule has 0 unspecified atom stereocenters. The lowest BCUT2D eigenvalue weighted by molar-refractivity contribution is 1.51. The molecule has 0 aliphatic rings. The van der Waals surface area contributed by atoms with Crippen LogP contribution in [0.25, 0.3) is 0 Å². The predicted molar refractivity (Wildman–Crippen MR) is 54.9 cm³/mol. The fourth-order valence-corrected chi connectivity index (χ4v) is 0.611. The summed E-state index contributed by atoms with van der Waals surface area (Å²) < 4.78 is 20.8. The third-order valence-corrected chi connectivity index (χ3v) is 1.10. The van der Waals surface area contributed by atoms with Gasteiger partial charge in [0.25, 0.3) is 0 Å². The van der Waals surface area contributed by atoms with Crippen LogP contribution in [0.2, 0.25) is 0 Å². The molecular formula is C7H12Cl2N2. The van der Waals surface area contributed by atoms with E-state index in [0.29, 0.717) is 11.4 Å². The smallest absolute Gasteiger partial charge is 0.0571 e. The number of benzene rings is 1. The van der Waals surface area contributed by atoms with Crippen LogP contribution in [-0.4, -0.2) is 6.98 Å². The molecule has 2 nitrogen and oxygen atoms in total. The summed E-state index contributed by atoms with van der Waals surface area (Å²) in [5, 5.41) is 2.32. The Morgan fingerprint density at radius 2 is 2.00 bits per heavy atom. The van der Waals surface area contributed by atoms with Gasteiger partial charge in [0.05, 0.1) is 11.4 Å². The maximum Gasteiger partial charge on any atom is 0.0571 e. The number of hydrogen-bond acceptors (Lipinski definition) is 2. The molecule has 0 amide bonds. The van der Waals surface area contributed by atoms with E-state index in [1.807, 2.05) is 0 Å². The molecule has 0 saturated heterocycles. The summed E-state index contributed by atoms with van der Waals surface area (Å²) in [6.45, 7) is -2.19. The van der Waals surface area contributed by atoms with Gasteiger partial charge < -0.3 is 11.1 Å². The maximum atomic E-state index is 6.93. The zero-order valence-electron chi connectivity index (χ0n) is 8.70. The normalized spacial score (nSPS) is 12.5. The molecule has 0 spiro atoms. The third-order valence-electron chi connectivity index (χ3n) is 1.10. The van der Waals surface area contributed by atoms with Crippen LogP contribution < -0.4 is 11.1 Å². The lowest BCUT2D eigenvalue weighted by atomic mass is 10.3. The Kier molecular flexibility index (Phi) is 3.94. The monoisotopic (exact) mass is 197 g/mol. The van der Waals surface area contributed by atoms with Gasteiger partial charge in [-0.3, -0.25) is 0 Å². The largest absolute Gasteiger partial charge is 0.397 e. The lowest BCUT2D eigenvalue weighted by Crippen LogP contribution is -1.93. The molecular weight excluding hydrogens is 183 g/mol. The van der Waals surface area contributed by atoms with Crippen LogP contribution in [0.4, 0.5) is 11.4 Å². The highest BCUT2D eigenvalue weighted by Crippen LogP contribution is 2.14. The van der Waals surface area contributed by atoms with Crippen molar-refractivity contribution in [1.82, 2.24) is 0 Å². The molecule has 11 heavy (non-hydrogen) atoms. The van der Waals surface area contributed by atoms with E-state index >= 15 is 0 Å². The van der Waals surface area contributed by atoms with Crippen LogP contribution in [0.5, 0.6) is 0 Å². The topological polar surface area (TPSA) is 38.0 Å². The second-order valence-electron chi connectivity index (χ2n) is 1.71. The average Bonchev–Trinajstić information content (AvgIpc) is 1.91. The second-order valence-corrected chi connectivity index (χ2v) is 1.71. The van der Waals surface area contributed by atoms with Crippen molar-refractivity contribution in [3.8, 4) is 0 Å². The van der Waals surface area contributed by atoms with Gasteiger partial charge in [0.1, 0.15) is 0 Å². The Hall–Kier alpha value is -0.600. The average molecular weight is 198 g/mol. The molecule has 0 radical (unpaired) electrons. The zero-order valence-corrected chi connectivity index (χ0v) is 7.34. The van der Waals surface area contributed by atoms with Crippen LogP contribution in [0.1, 0.15) is 4.11 Å². The molecule has 0 aromatic heterocycles. The van der Waals surface area contributed by atoms with Gasteiger partial charge in [-0.25, -0.2) is 0 Å². The molecule has 1 rings (SSSR count). The van der Waals surface area contributed by atoms with Crippen molar-refractivity contribution in [1.29, 1.82) is 0 Å². The number of nitrogens with one attached hydrogen (secondary N) is 1. The minimum atomic E-state index is -2.19. The number of para-hydroxylation sites is 2. The minimum absolute atomic E-state index is 0. The van der Waals surface area contributed by atoms with Crippen LogP contribution in [0, 0.1) is 0 Å². The molecule has 0 fully saturated rings. The number of halogens is 2. The maximum absolute atomic E-state index is 6.93. The summed E-state index contributed by atoms with van der Waals surface area (Å²) in [6, 6.07) is 6.75. The van der Waals surface area contributed by atoms with E-state index in [2.05, 4.69) is 5.32 Å². The standard InChI is InChI=1S/C7H10N2.2ClH/c1-9-7-5-3-2-4-6(7)8;;/h2-5,9H,8H2,1H3;2*1H/i1D3;;. The summed E-state index contributed by atoms with van der Waals surface area (Å²) in [7, 11) is 0. The van der Waals surface area contributed by atoms with Gasteiger partial charge in [0.2, 0.25) is 0 Å². The van der Waals surface area contributed by atoms with Crippen molar-refractivity contribution in [3.05, 3.63) is 24.3 Å². The number of nitrogen functional groups attached to an aromatic ring is 1.